The maximum Gasteiger partial charge on any atom is 0.269 e. The first kappa shape index (κ1) is 18.6. The molecule has 0 aliphatic heterocycles. The zero-order valence-corrected chi connectivity index (χ0v) is 15.9. The quantitative estimate of drug-likeness (QED) is 0.295. The number of amides is 1. The van der Waals surface area contributed by atoms with Crippen molar-refractivity contribution in [3.8, 4) is 11.3 Å². The molecule has 0 saturated heterocycles. The number of nitrogens with one attached hydrogen (secondary N) is 1. The van der Waals surface area contributed by atoms with Gasteiger partial charge in [-0.05, 0) is 24.3 Å². The molecule has 2 aromatic carbocycles. The van der Waals surface area contributed by atoms with E-state index in [0.717, 1.165) is 16.9 Å². The van der Waals surface area contributed by atoms with Gasteiger partial charge in [-0.3, -0.25) is 14.9 Å². The Morgan fingerprint density at radius 1 is 1.07 bits per heavy atom. The van der Waals surface area contributed by atoms with Gasteiger partial charge >= 0.3 is 0 Å². The molecule has 0 aliphatic rings. The first-order valence-electron chi connectivity index (χ1n) is 8.67. The van der Waals surface area contributed by atoms with Crippen molar-refractivity contribution in [2.45, 2.75) is 5.03 Å². The molecule has 0 atom stereocenters. The second-order valence-corrected chi connectivity index (χ2v) is 7.10. The van der Waals surface area contributed by atoms with Crippen LogP contribution in [0.3, 0.4) is 0 Å². The summed E-state index contributed by atoms with van der Waals surface area (Å²) in [5.41, 5.74) is 3.05. The van der Waals surface area contributed by atoms with E-state index in [9.17, 15) is 14.9 Å². The molecule has 1 amide bonds. The molecule has 0 radical (unpaired) electrons. The van der Waals surface area contributed by atoms with E-state index in [4.69, 9.17) is 0 Å². The third-order valence-electron chi connectivity index (χ3n) is 4.08. The maximum atomic E-state index is 12.1. The molecule has 0 bridgehead atoms. The van der Waals surface area contributed by atoms with Crippen LogP contribution in [0.1, 0.15) is 0 Å². The molecule has 1 N–H and O–H groups in total. The number of carbonyl (C=O) groups excluding carboxylic acids is 1. The summed E-state index contributed by atoms with van der Waals surface area (Å²) < 4.78 is 1.69. The summed E-state index contributed by atoms with van der Waals surface area (Å²) in [6.07, 6.45) is 1.85. The summed E-state index contributed by atoms with van der Waals surface area (Å²) >= 11 is 1.30. The van der Waals surface area contributed by atoms with Crippen molar-refractivity contribution in [2.75, 3.05) is 11.1 Å². The van der Waals surface area contributed by atoms with Gasteiger partial charge in [-0.1, -0.05) is 42.1 Å². The van der Waals surface area contributed by atoms with Crippen molar-refractivity contribution in [3.63, 3.8) is 0 Å². The Labute approximate surface area is 169 Å². The lowest BCUT2D eigenvalue weighted by Crippen LogP contribution is -2.14. The van der Waals surface area contributed by atoms with E-state index in [0.29, 0.717) is 10.7 Å². The second kappa shape index (κ2) is 8.11. The maximum absolute atomic E-state index is 12.1. The molecule has 0 aliphatic carbocycles. The first-order valence-corrected chi connectivity index (χ1v) is 9.66. The molecule has 144 valence electrons. The number of nitrogens with zero attached hydrogens (tertiary/aromatic N) is 4. The van der Waals surface area contributed by atoms with Gasteiger partial charge in [0, 0.05) is 23.4 Å². The van der Waals surface area contributed by atoms with E-state index in [1.54, 1.807) is 4.52 Å². The molecule has 0 fully saturated rings. The van der Waals surface area contributed by atoms with Gasteiger partial charge in [0.25, 0.3) is 5.69 Å². The number of imidazole rings is 1. The molecule has 8 nitrogen and oxygen atoms in total. The highest BCUT2D eigenvalue weighted by Crippen LogP contribution is 2.21. The van der Waals surface area contributed by atoms with E-state index in [2.05, 4.69) is 15.4 Å². The number of non-ortho nitro benzene ring substituents is 1. The van der Waals surface area contributed by atoms with E-state index < -0.39 is 4.92 Å². The van der Waals surface area contributed by atoms with E-state index in [1.807, 2.05) is 48.7 Å². The molecular weight excluding hydrogens is 390 g/mol. The smallest absolute Gasteiger partial charge is 0.269 e. The number of rotatable bonds is 6. The molecule has 4 rings (SSSR count). The van der Waals surface area contributed by atoms with Crippen molar-refractivity contribution in [1.29, 1.82) is 0 Å². The first-order chi connectivity index (χ1) is 14.1. The number of thioether (sulfide) groups is 1. The average molecular weight is 405 g/mol. The monoisotopic (exact) mass is 405 g/mol. The topological polar surface area (TPSA) is 102 Å². The second-order valence-electron chi connectivity index (χ2n) is 6.11. The Morgan fingerprint density at radius 2 is 1.83 bits per heavy atom. The third kappa shape index (κ3) is 4.41. The highest BCUT2D eigenvalue weighted by molar-refractivity contribution is 7.99. The Hall–Kier alpha value is -3.72. The predicted molar refractivity (Wildman–Crippen MR) is 111 cm³/mol. The van der Waals surface area contributed by atoms with Gasteiger partial charge < -0.3 is 5.32 Å². The number of hydrogen-bond acceptors (Lipinski definition) is 6. The standard InChI is InChI=1S/C20H15N5O3S/c26-19(21-15-6-8-16(9-7-15)25(27)28)13-29-20-11-10-18-22-17(12-24(18)23-20)14-4-2-1-3-5-14/h1-12H,13H2,(H,21,26). The lowest BCUT2D eigenvalue weighted by Gasteiger charge is -2.05. The van der Waals surface area contributed by atoms with Gasteiger partial charge in [-0.25, -0.2) is 9.50 Å². The van der Waals surface area contributed by atoms with Gasteiger partial charge in [0.2, 0.25) is 5.91 Å². The van der Waals surface area contributed by atoms with Crippen LogP contribution >= 0.6 is 11.8 Å². The van der Waals surface area contributed by atoms with Crippen LogP contribution in [0.4, 0.5) is 11.4 Å². The van der Waals surface area contributed by atoms with Crippen LogP contribution < -0.4 is 5.32 Å². The molecule has 2 heterocycles. The predicted octanol–water partition coefficient (Wildman–Crippen LogP) is 4.04. The SMILES string of the molecule is O=C(CSc1ccc2nc(-c3ccccc3)cn2n1)Nc1ccc([N+](=O)[O-])cc1. The number of fused-ring (bicyclic) bond motifs is 1. The van der Waals surface area contributed by atoms with Crippen LogP contribution in [-0.2, 0) is 4.79 Å². The Bertz CT molecular complexity index is 1180. The van der Waals surface area contributed by atoms with Crippen molar-refractivity contribution < 1.29 is 9.72 Å². The van der Waals surface area contributed by atoms with Crippen LogP contribution in [-0.4, -0.2) is 31.2 Å². The number of nitro groups is 1. The van der Waals surface area contributed by atoms with Gasteiger partial charge in [-0.2, -0.15) is 5.10 Å². The van der Waals surface area contributed by atoms with Crippen molar-refractivity contribution in [2.24, 2.45) is 0 Å². The third-order valence-corrected chi connectivity index (χ3v) is 5.00. The number of nitro benzene ring substituents is 1. The molecule has 2 aromatic heterocycles. The zero-order valence-electron chi connectivity index (χ0n) is 15.1. The fourth-order valence-corrected chi connectivity index (χ4v) is 3.35. The van der Waals surface area contributed by atoms with Crippen molar-refractivity contribution in [3.05, 3.63) is 83.0 Å². The Balaban J connectivity index is 1.40. The minimum absolute atomic E-state index is 0.0231. The fourth-order valence-electron chi connectivity index (χ4n) is 2.69. The number of anilines is 1. The Kier molecular flexibility index (Phi) is 5.21. The van der Waals surface area contributed by atoms with Gasteiger partial charge in [0.1, 0.15) is 5.03 Å². The fraction of sp³-hybridized carbons (Fsp3) is 0.0500. The normalized spacial score (nSPS) is 10.8. The molecule has 0 spiro atoms. The minimum Gasteiger partial charge on any atom is -0.325 e. The van der Waals surface area contributed by atoms with Crippen LogP contribution in [0.5, 0.6) is 0 Å². The number of benzene rings is 2. The van der Waals surface area contributed by atoms with Crippen LogP contribution in [0, 0.1) is 10.1 Å². The summed E-state index contributed by atoms with van der Waals surface area (Å²) in [7, 11) is 0. The van der Waals surface area contributed by atoms with Crippen LogP contribution in [0.25, 0.3) is 16.9 Å². The highest BCUT2D eigenvalue weighted by atomic mass is 32.2. The highest BCUT2D eigenvalue weighted by Gasteiger charge is 2.09. The lowest BCUT2D eigenvalue weighted by atomic mass is 10.2. The molecule has 4 aromatic rings. The summed E-state index contributed by atoms with van der Waals surface area (Å²) in [6.45, 7) is 0. The van der Waals surface area contributed by atoms with Gasteiger partial charge in [0.05, 0.1) is 22.6 Å². The number of hydrogen-bond donors (Lipinski definition) is 1. The largest absolute Gasteiger partial charge is 0.325 e. The molecule has 9 heteroatoms. The van der Waals surface area contributed by atoms with E-state index >= 15 is 0 Å². The van der Waals surface area contributed by atoms with E-state index in [1.165, 1.54) is 36.0 Å². The average Bonchev–Trinajstić information content (AvgIpc) is 3.17. The molecule has 29 heavy (non-hydrogen) atoms. The summed E-state index contributed by atoms with van der Waals surface area (Å²) in [5, 5.41) is 18.6. The van der Waals surface area contributed by atoms with Gasteiger partial charge in [0.15, 0.2) is 5.65 Å². The molecule has 0 saturated carbocycles. The number of aromatic nitrogens is 3. The zero-order chi connectivity index (χ0) is 20.2. The molecular formula is C20H15N5O3S. The van der Waals surface area contributed by atoms with Gasteiger partial charge in [-0.15, -0.1) is 0 Å². The Morgan fingerprint density at radius 3 is 2.55 bits per heavy atom. The summed E-state index contributed by atoms with van der Waals surface area (Å²) in [5.74, 6) is -0.0585. The summed E-state index contributed by atoms with van der Waals surface area (Å²) in [6, 6.07) is 19.2. The van der Waals surface area contributed by atoms with Crippen molar-refractivity contribution in [1.82, 2.24) is 14.6 Å². The molecule has 0 unspecified atom stereocenters. The van der Waals surface area contributed by atoms with Crippen LogP contribution in [0.15, 0.2) is 78.0 Å². The van der Waals surface area contributed by atoms with Crippen molar-refractivity contribution >= 4 is 34.7 Å². The minimum atomic E-state index is -0.484. The van der Waals surface area contributed by atoms with E-state index in [-0.39, 0.29) is 17.3 Å². The summed E-state index contributed by atoms with van der Waals surface area (Å²) in [4.78, 5) is 26.9. The van der Waals surface area contributed by atoms with Crippen LogP contribution in [0.2, 0.25) is 0 Å². The lowest BCUT2D eigenvalue weighted by molar-refractivity contribution is -0.384. The number of carbonyl (C=O) groups is 1.